The molecule has 0 bridgehead atoms. The van der Waals surface area contributed by atoms with E-state index in [4.69, 9.17) is 9.15 Å². The second-order valence-electron chi connectivity index (χ2n) is 4.19. The summed E-state index contributed by atoms with van der Waals surface area (Å²) in [7, 11) is 1.43. The number of hydrogen-bond acceptors (Lipinski definition) is 6. The molecular formula is C11H17N3O3. The molecule has 0 aliphatic carbocycles. The molecule has 1 aromatic heterocycles. The highest BCUT2D eigenvalue weighted by Gasteiger charge is 2.29. The number of hydrogen-bond donors (Lipinski definition) is 0. The van der Waals surface area contributed by atoms with Crippen LogP contribution in [0.5, 0.6) is 0 Å². The highest BCUT2D eigenvalue weighted by atomic mass is 16.5. The standard InChI is InChI=1S/C11H17N3O3/c1-3-9-12-13-10(17-9)7-14-5-4-8(6-14)11(15)16-2/h8H,3-7H2,1-2H3. The van der Waals surface area contributed by atoms with Gasteiger partial charge >= 0.3 is 5.97 Å². The van der Waals surface area contributed by atoms with Crippen molar-refractivity contribution in [1.29, 1.82) is 0 Å². The summed E-state index contributed by atoms with van der Waals surface area (Å²) >= 11 is 0. The minimum Gasteiger partial charge on any atom is -0.469 e. The quantitative estimate of drug-likeness (QED) is 0.718. The van der Waals surface area contributed by atoms with Gasteiger partial charge in [-0.3, -0.25) is 9.69 Å². The van der Waals surface area contributed by atoms with Gasteiger partial charge in [-0.05, 0) is 13.0 Å². The lowest BCUT2D eigenvalue weighted by Gasteiger charge is -2.12. The van der Waals surface area contributed by atoms with E-state index in [1.807, 2.05) is 6.92 Å². The van der Waals surface area contributed by atoms with Crippen LogP contribution in [0, 0.1) is 5.92 Å². The molecule has 1 aliphatic heterocycles. The minimum absolute atomic E-state index is 0.0198. The zero-order valence-electron chi connectivity index (χ0n) is 10.2. The normalized spacial score (nSPS) is 20.7. The van der Waals surface area contributed by atoms with E-state index in [2.05, 4.69) is 15.1 Å². The van der Waals surface area contributed by atoms with Crippen molar-refractivity contribution in [3.63, 3.8) is 0 Å². The summed E-state index contributed by atoms with van der Waals surface area (Å²) in [5.74, 6) is 1.12. The van der Waals surface area contributed by atoms with Crippen molar-refractivity contribution >= 4 is 5.97 Å². The lowest BCUT2D eigenvalue weighted by Crippen LogP contribution is -2.23. The fraction of sp³-hybridized carbons (Fsp3) is 0.727. The Morgan fingerprint density at radius 2 is 2.29 bits per heavy atom. The van der Waals surface area contributed by atoms with E-state index in [1.54, 1.807) is 0 Å². The zero-order valence-corrected chi connectivity index (χ0v) is 10.2. The second kappa shape index (κ2) is 5.27. The molecule has 1 aliphatic rings. The molecule has 1 saturated heterocycles. The monoisotopic (exact) mass is 239 g/mol. The molecule has 0 aromatic carbocycles. The van der Waals surface area contributed by atoms with Crippen molar-refractivity contribution in [3.8, 4) is 0 Å². The predicted octanol–water partition coefficient (Wildman–Crippen LogP) is 0.627. The number of rotatable bonds is 4. The highest BCUT2D eigenvalue weighted by Crippen LogP contribution is 2.19. The Morgan fingerprint density at radius 1 is 1.53 bits per heavy atom. The number of ether oxygens (including phenoxy) is 1. The Balaban J connectivity index is 1.87. The van der Waals surface area contributed by atoms with E-state index < -0.39 is 0 Å². The van der Waals surface area contributed by atoms with Gasteiger partial charge in [-0.2, -0.15) is 0 Å². The molecule has 1 fully saturated rings. The van der Waals surface area contributed by atoms with Crippen molar-refractivity contribution in [3.05, 3.63) is 11.8 Å². The van der Waals surface area contributed by atoms with Crippen LogP contribution >= 0.6 is 0 Å². The third kappa shape index (κ3) is 2.82. The maximum absolute atomic E-state index is 11.4. The summed E-state index contributed by atoms with van der Waals surface area (Å²) in [6.07, 6.45) is 1.58. The van der Waals surface area contributed by atoms with Gasteiger partial charge in [0.1, 0.15) is 0 Å². The molecule has 0 N–H and O–H groups in total. The maximum Gasteiger partial charge on any atom is 0.310 e. The Morgan fingerprint density at radius 3 is 2.94 bits per heavy atom. The van der Waals surface area contributed by atoms with Crippen molar-refractivity contribution in [2.75, 3.05) is 20.2 Å². The van der Waals surface area contributed by atoms with Crippen molar-refractivity contribution in [2.24, 2.45) is 5.92 Å². The van der Waals surface area contributed by atoms with E-state index in [9.17, 15) is 4.79 Å². The molecule has 0 spiro atoms. The molecule has 94 valence electrons. The molecule has 6 nitrogen and oxygen atoms in total. The Kier molecular flexibility index (Phi) is 3.73. The van der Waals surface area contributed by atoms with Gasteiger partial charge in [0, 0.05) is 13.0 Å². The van der Waals surface area contributed by atoms with E-state index in [0.29, 0.717) is 24.9 Å². The first kappa shape index (κ1) is 12.0. The van der Waals surface area contributed by atoms with Crippen LogP contribution in [0.1, 0.15) is 25.1 Å². The minimum atomic E-state index is -0.132. The molecule has 2 rings (SSSR count). The van der Waals surface area contributed by atoms with Crippen LogP contribution in [0.15, 0.2) is 4.42 Å². The Hall–Kier alpha value is -1.43. The number of esters is 1. The average Bonchev–Trinajstić information content (AvgIpc) is 2.97. The van der Waals surface area contributed by atoms with E-state index in [-0.39, 0.29) is 11.9 Å². The fourth-order valence-corrected chi connectivity index (χ4v) is 2.02. The molecule has 1 unspecified atom stereocenters. The molecule has 0 amide bonds. The Bertz CT molecular complexity index is 391. The molecule has 0 radical (unpaired) electrons. The number of carbonyl (C=O) groups is 1. The maximum atomic E-state index is 11.4. The summed E-state index contributed by atoms with van der Waals surface area (Å²) in [5, 5.41) is 7.88. The number of aryl methyl sites for hydroxylation is 1. The summed E-state index contributed by atoms with van der Waals surface area (Å²) in [4.78, 5) is 13.5. The third-order valence-corrected chi connectivity index (χ3v) is 2.98. The van der Waals surface area contributed by atoms with E-state index >= 15 is 0 Å². The van der Waals surface area contributed by atoms with Gasteiger partial charge in [-0.15, -0.1) is 10.2 Å². The van der Waals surface area contributed by atoms with Gasteiger partial charge in [-0.1, -0.05) is 6.92 Å². The van der Waals surface area contributed by atoms with Crippen LogP contribution < -0.4 is 0 Å². The number of methoxy groups -OCH3 is 1. The van der Waals surface area contributed by atoms with Crippen LogP contribution in [0.4, 0.5) is 0 Å². The van der Waals surface area contributed by atoms with Crippen molar-refractivity contribution in [1.82, 2.24) is 15.1 Å². The fourth-order valence-electron chi connectivity index (χ4n) is 2.02. The molecule has 6 heteroatoms. The van der Waals surface area contributed by atoms with Crippen LogP contribution in [0.2, 0.25) is 0 Å². The number of nitrogens with zero attached hydrogens (tertiary/aromatic N) is 3. The molecular weight excluding hydrogens is 222 g/mol. The molecule has 2 heterocycles. The first-order chi connectivity index (χ1) is 8.22. The first-order valence-electron chi connectivity index (χ1n) is 5.84. The predicted molar refractivity (Wildman–Crippen MR) is 59.1 cm³/mol. The van der Waals surface area contributed by atoms with E-state index in [0.717, 1.165) is 19.4 Å². The van der Waals surface area contributed by atoms with Gasteiger partial charge in [0.25, 0.3) is 0 Å². The van der Waals surface area contributed by atoms with Crippen LogP contribution in [0.25, 0.3) is 0 Å². The molecule has 1 atom stereocenters. The van der Waals surface area contributed by atoms with E-state index in [1.165, 1.54) is 7.11 Å². The average molecular weight is 239 g/mol. The summed E-state index contributed by atoms with van der Waals surface area (Å²) in [6, 6.07) is 0. The number of aromatic nitrogens is 2. The van der Waals surface area contributed by atoms with Crippen molar-refractivity contribution in [2.45, 2.75) is 26.3 Å². The van der Waals surface area contributed by atoms with Crippen LogP contribution in [-0.2, 0) is 22.5 Å². The topological polar surface area (TPSA) is 68.5 Å². The lowest BCUT2D eigenvalue weighted by molar-refractivity contribution is -0.144. The van der Waals surface area contributed by atoms with Crippen LogP contribution in [0.3, 0.4) is 0 Å². The summed E-state index contributed by atoms with van der Waals surface area (Å²) < 4.78 is 10.2. The van der Waals surface area contributed by atoms with Gasteiger partial charge in [-0.25, -0.2) is 0 Å². The number of likely N-dealkylation sites (tertiary alicyclic amines) is 1. The first-order valence-corrected chi connectivity index (χ1v) is 5.84. The zero-order chi connectivity index (χ0) is 12.3. The molecule has 1 aromatic rings. The summed E-state index contributed by atoms with van der Waals surface area (Å²) in [6.45, 7) is 4.15. The molecule has 0 saturated carbocycles. The van der Waals surface area contributed by atoms with Gasteiger partial charge < -0.3 is 9.15 Å². The number of carbonyl (C=O) groups excluding carboxylic acids is 1. The van der Waals surface area contributed by atoms with Gasteiger partial charge in [0.05, 0.1) is 19.6 Å². The van der Waals surface area contributed by atoms with Gasteiger partial charge in [0.2, 0.25) is 11.8 Å². The third-order valence-electron chi connectivity index (χ3n) is 2.98. The largest absolute Gasteiger partial charge is 0.469 e. The second-order valence-corrected chi connectivity index (χ2v) is 4.19. The smallest absolute Gasteiger partial charge is 0.310 e. The summed E-state index contributed by atoms with van der Waals surface area (Å²) in [5.41, 5.74) is 0. The van der Waals surface area contributed by atoms with Crippen LogP contribution in [-0.4, -0.2) is 41.3 Å². The SMILES string of the molecule is CCc1nnc(CN2CCC(C(=O)OC)C2)o1. The van der Waals surface area contributed by atoms with Crippen molar-refractivity contribution < 1.29 is 13.9 Å². The van der Waals surface area contributed by atoms with Gasteiger partial charge in [0.15, 0.2) is 0 Å². The highest BCUT2D eigenvalue weighted by molar-refractivity contribution is 5.72. The molecule has 17 heavy (non-hydrogen) atoms. The lowest BCUT2D eigenvalue weighted by atomic mass is 10.1. The Labute approximate surface area is 99.9 Å².